The highest BCUT2D eigenvalue weighted by atomic mass is 19.2. The third kappa shape index (κ3) is 2.10. The Labute approximate surface area is 83.3 Å². The van der Waals surface area contributed by atoms with E-state index in [1.165, 1.54) is 6.92 Å². The summed E-state index contributed by atoms with van der Waals surface area (Å²) in [4.78, 5) is 0. The van der Waals surface area contributed by atoms with Crippen LogP contribution in [0.25, 0.3) is 0 Å². The fourth-order valence-corrected chi connectivity index (χ4v) is 1.11. The molecule has 1 aromatic carbocycles. The van der Waals surface area contributed by atoms with Gasteiger partial charge in [0.05, 0.1) is 11.7 Å². The van der Waals surface area contributed by atoms with Gasteiger partial charge in [-0.3, -0.25) is 0 Å². The summed E-state index contributed by atoms with van der Waals surface area (Å²) in [5, 5.41) is 9.27. The van der Waals surface area contributed by atoms with E-state index < -0.39 is 41.0 Å². The van der Waals surface area contributed by atoms with Crippen molar-refractivity contribution in [3.63, 3.8) is 0 Å². The number of benzene rings is 1. The molecule has 0 aromatic heterocycles. The van der Waals surface area contributed by atoms with Crippen LogP contribution in [-0.4, -0.2) is 11.1 Å². The zero-order valence-corrected chi connectivity index (χ0v) is 7.77. The first-order valence-corrected chi connectivity index (χ1v) is 4.12. The Kier molecular flexibility index (Phi) is 3.31. The lowest BCUT2D eigenvalue weighted by atomic mass is 10.0. The molecule has 1 rings (SSSR count). The van der Waals surface area contributed by atoms with Gasteiger partial charge in [0.15, 0.2) is 23.3 Å². The minimum absolute atomic E-state index is 0.0715. The van der Waals surface area contributed by atoms with Gasteiger partial charge in [-0.15, -0.1) is 0 Å². The van der Waals surface area contributed by atoms with Crippen molar-refractivity contribution in [2.24, 2.45) is 5.73 Å². The monoisotopic (exact) mass is 223 g/mol. The van der Waals surface area contributed by atoms with E-state index >= 15 is 0 Å². The van der Waals surface area contributed by atoms with E-state index in [2.05, 4.69) is 0 Å². The van der Waals surface area contributed by atoms with E-state index in [1.807, 2.05) is 0 Å². The number of rotatable bonds is 2. The molecule has 0 unspecified atom stereocenters. The highest BCUT2D eigenvalue weighted by molar-refractivity contribution is 5.25. The van der Waals surface area contributed by atoms with Gasteiger partial charge < -0.3 is 10.8 Å². The van der Waals surface area contributed by atoms with Crippen molar-refractivity contribution < 1.29 is 22.7 Å². The molecule has 2 atom stereocenters. The summed E-state index contributed by atoms with van der Waals surface area (Å²) in [5.74, 6) is -6.38. The molecule has 15 heavy (non-hydrogen) atoms. The van der Waals surface area contributed by atoms with Crippen molar-refractivity contribution in [3.8, 4) is 0 Å². The maximum Gasteiger partial charge on any atom is 0.167 e. The Morgan fingerprint density at radius 3 is 1.87 bits per heavy atom. The summed E-state index contributed by atoms with van der Waals surface area (Å²) in [6.45, 7) is 1.26. The van der Waals surface area contributed by atoms with Crippen LogP contribution in [0.15, 0.2) is 6.07 Å². The van der Waals surface area contributed by atoms with E-state index in [0.717, 1.165) is 0 Å². The predicted molar refractivity (Wildman–Crippen MR) is 44.9 cm³/mol. The average molecular weight is 223 g/mol. The summed E-state index contributed by atoms with van der Waals surface area (Å²) in [6.07, 6.45) is -1.80. The Morgan fingerprint density at radius 1 is 1.13 bits per heavy atom. The second kappa shape index (κ2) is 4.16. The Bertz CT molecular complexity index is 355. The van der Waals surface area contributed by atoms with Crippen molar-refractivity contribution in [2.75, 3.05) is 0 Å². The number of aliphatic hydroxyl groups is 1. The summed E-state index contributed by atoms with van der Waals surface area (Å²) in [6, 6.07) is -0.975. The molecule has 0 heterocycles. The molecule has 0 fully saturated rings. The van der Waals surface area contributed by atoms with Crippen LogP contribution in [0.1, 0.15) is 18.6 Å². The smallest absolute Gasteiger partial charge is 0.167 e. The highest BCUT2D eigenvalue weighted by Gasteiger charge is 2.26. The lowest BCUT2D eigenvalue weighted by Crippen LogP contribution is -2.26. The zero-order valence-electron chi connectivity index (χ0n) is 7.77. The number of hydrogen-bond acceptors (Lipinski definition) is 2. The Hall–Kier alpha value is -1.14. The summed E-state index contributed by atoms with van der Waals surface area (Å²) < 4.78 is 51.5. The lowest BCUT2D eigenvalue weighted by Gasteiger charge is -2.16. The maximum absolute atomic E-state index is 13.1. The van der Waals surface area contributed by atoms with E-state index in [1.54, 1.807) is 0 Å². The van der Waals surface area contributed by atoms with Crippen molar-refractivity contribution in [3.05, 3.63) is 34.9 Å². The highest BCUT2D eigenvalue weighted by Crippen LogP contribution is 2.26. The molecular formula is C9H9F4NO. The molecule has 3 N–H and O–H groups in total. The molecule has 6 heteroatoms. The lowest BCUT2D eigenvalue weighted by molar-refractivity contribution is 0.141. The van der Waals surface area contributed by atoms with Gasteiger partial charge in [-0.05, 0) is 6.92 Å². The first-order chi connectivity index (χ1) is 6.86. The second-order valence-electron chi connectivity index (χ2n) is 3.19. The zero-order chi connectivity index (χ0) is 11.7. The van der Waals surface area contributed by atoms with Crippen molar-refractivity contribution >= 4 is 0 Å². The fraction of sp³-hybridized carbons (Fsp3) is 0.333. The molecule has 0 amide bonds. The topological polar surface area (TPSA) is 46.2 Å². The summed E-state index contributed by atoms with van der Waals surface area (Å²) in [5.41, 5.74) is 4.10. The first kappa shape index (κ1) is 11.9. The standard InChI is InChI=1S/C9H9F4NO/c1-3(14)9(15)6-7(12)4(10)2-5(11)8(6)13/h2-3,9,15H,14H2,1H3/t3-,9-/m1/s1. The van der Waals surface area contributed by atoms with Crippen LogP contribution in [0.2, 0.25) is 0 Å². The van der Waals surface area contributed by atoms with Gasteiger partial charge >= 0.3 is 0 Å². The second-order valence-corrected chi connectivity index (χ2v) is 3.19. The van der Waals surface area contributed by atoms with E-state index in [9.17, 15) is 22.7 Å². The van der Waals surface area contributed by atoms with Crippen LogP contribution < -0.4 is 5.73 Å². The van der Waals surface area contributed by atoms with Gasteiger partial charge in [-0.1, -0.05) is 0 Å². The normalized spacial score (nSPS) is 15.1. The van der Waals surface area contributed by atoms with Crippen molar-refractivity contribution in [1.29, 1.82) is 0 Å². The molecule has 1 aromatic rings. The van der Waals surface area contributed by atoms with Gasteiger partial charge in [0, 0.05) is 12.1 Å². The van der Waals surface area contributed by atoms with Gasteiger partial charge in [0.25, 0.3) is 0 Å². The molecule has 0 saturated carbocycles. The summed E-state index contributed by atoms with van der Waals surface area (Å²) >= 11 is 0. The molecule has 0 spiro atoms. The molecule has 0 aliphatic carbocycles. The molecule has 0 aliphatic rings. The molecule has 0 bridgehead atoms. The molecular weight excluding hydrogens is 214 g/mol. The quantitative estimate of drug-likeness (QED) is 0.591. The summed E-state index contributed by atoms with van der Waals surface area (Å²) in [7, 11) is 0. The molecule has 0 aliphatic heterocycles. The third-order valence-electron chi connectivity index (χ3n) is 1.94. The number of hydrogen-bond donors (Lipinski definition) is 2. The Morgan fingerprint density at radius 2 is 1.53 bits per heavy atom. The van der Waals surface area contributed by atoms with Gasteiger partial charge in [-0.2, -0.15) is 0 Å². The third-order valence-corrected chi connectivity index (χ3v) is 1.94. The van der Waals surface area contributed by atoms with Crippen LogP contribution >= 0.6 is 0 Å². The van der Waals surface area contributed by atoms with Gasteiger partial charge in [-0.25, -0.2) is 17.6 Å². The average Bonchev–Trinajstić information content (AvgIpc) is 2.15. The first-order valence-electron chi connectivity index (χ1n) is 4.12. The number of halogens is 4. The van der Waals surface area contributed by atoms with Gasteiger partial charge in [0.1, 0.15) is 0 Å². The molecule has 0 radical (unpaired) electrons. The SMILES string of the molecule is C[C@@H](N)[C@@H](O)c1c(F)c(F)cc(F)c1F. The minimum Gasteiger partial charge on any atom is -0.387 e. The molecule has 84 valence electrons. The van der Waals surface area contributed by atoms with E-state index in [4.69, 9.17) is 5.73 Å². The van der Waals surface area contributed by atoms with Crippen LogP contribution in [0.3, 0.4) is 0 Å². The van der Waals surface area contributed by atoms with Crippen LogP contribution in [0.5, 0.6) is 0 Å². The Balaban J connectivity index is 3.39. The van der Waals surface area contributed by atoms with E-state index in [-0.39, 0.29) is 6.07 Å². The number of aliphatic hydroxyl groups excluding tert-OH is 1. The largest absolute Gasteiger partial charge is 0.387 e. The van der Waals surface area contributed by atoms with Crippen molar-refractivity contribution in [1.82, 2.24) is 0 Å². The van der Waals surface area contributed by atoms with Crippen molar-refractivity contribution in [2.45, 2.75) is 19.1 Å². The molecule has 2 nitrogen and oxygen atoms in total. The maximum atomic E-state index is 13.1. The molecule has 0 saturated heterocycles. The van der Waals surface area contributed by atoms with Gasteiger partial charge in [0.2, 0.25) is 0 Å². The minimum atomic E-state index is -1.80. The predicted octanol–water partition coefficient (Wildman–Crippen LogP) is 1.62. The fourth-order valence-electron chi connectivity index (χ4n) is 1.11. The number of nitrogens with two attached hydrogens (primary N) is 1. The van der Waals surface area contributed by atoms with Crippen LogP contribution in [-0.2, 0) is 0 Å². The van der Waals surface area contributed by atoms with E-state index in [0.29, 0.717) is 0 Å². The van der Waals surface area contributed by atoms with Crippen LogP contribution in [0.4, 0.5) is 17.6 Å². The van der Waals surface area contributed by atoms with Crippen LogP contribution in [0, 0.1) is 23.3 Å².